The van der Waals surface area contributed by atoms with Gasteiger partial charge in [0.05, 0.1) is 6.10 Å². The van der Waals surface area contributed by atoms with Gasteiger partial charge in [-0.15, -0.1) is 0 Å². The molecule has 1 N–H and O–H groups in total. The van der Waals surface area contributed by atoms with Gasteiger partial charge in [-0.1, -0.05) is 45.8 Å². The molecule has 4 aliphatic rings. The number of allylic oxidation sites excluding steroid dienone is 1. The van der Waals surface area contributed by atoms with Gasteiger partial charge in [0.15, 0.2) is 0 Å². The van der Waals surface area contributed by atoms with E-state index in [4.69, 9.17) is 0 Å². The van der Waals surface area contributed by atoms with Crippen molar-refractivity contribution in [3.05, 3.63) is 11.6 Å². The summed E-state index contributed by atoms with van der Waals surface area (Å²) in [6.45, 7) is 9.99. The van der Waals surface area contributed by atoms with Crippen molar-refractivity contribution in [2.75, 3.05) is 0 Å². The lowest BCUT2D eigenvalue weighted by molar-refractivity contribution is -0.0511. The quantitative estimate of drug-likeness (QED) is 0.590. The summed E-state index contributed by atoms with van der Waals surface area (Å²) in [6.07, 6.45) is 15.8. The van der Waals surface area contributed by atoms with E-state index < -0.39 is 0 Å². The minimum atomic E-state index is -0.0726. The van der Waals surface area contributed by atoms with Crippen LogP contribution in [0.4, 0.5) is 0 Å². The Hall–Kier alpha value is -0.300. The summed E-state index contributed by atoms with van der Waals surface area (Å²) in [5, 5.41) is 10.1. The molecule has 1 heteroatoms. The van der Waals surface area contributed by atoms with Gasteiger partial charge in [-0.2, -0.15) is 0 Å². The topological polar surface area (TPSA) is 20.2 Å². The van der Waals surface area contributed by atoms with Crippen LogP contribution in [-0.4, -0.2) is 11.2 Å². The van der Waals surface area contributed by atoms with Crippen LogP contribution in [-0.2, 0) is 0 Å². The molecule has 0 heterocycles. The third-order valence-corrected chi connectivity index (χ3v) is 9.37. The molecule has 0 radical (unpaired) electrons. The largest absolute Gasteiger partial charge is 0.393 e. The van der Waals surface area contributed by atoms with Crippen LogP contribution in [0.5, 0.6) is 0 Å². The van der Waals surface area contributed by atoms with Crippen molar-refractivity contribution < 1.29 is 5.11 Å². The third-order valence-electron chi connectivity index (χ3n) is 9.37. The van der Waals surface area contributed by atoms with E-state index in [1.165, 1.54) is 51.4 Å². The summed E-state index contributed by atoms with van der Waals surface area (Å²) in [5.41, 5.74) is 2.64. The third kappa shape index (κ3) is 2.84. The van der Waals surface area contributed by atoms with Gasteiger partial charge < -0.3 is 5.11 Å². The predicted molar refractivity (Wildman–Crippen MR) is 105 cm³/mol. The van der Waals surface area contributed by atoms with Gasteiger partial charge in [0.25, 0.3) is 0 Å². The zero-order valence-electron chi connectivity index (χ0n) is 17.1. The molecule has 142 valence electrons. The Morgan fingerprint density at radius 1 is 1.08 bits per heavy atom. The molecule has 7 atom stereocenters. The first kappa shape index (κ1) is 18.1. The summed E-state index contributed by atoms with van der Waals surface area (Å²) in [5.74, 6) is 4.61. The van der Waals surface area contributed by atoms with E-state index in [1.54, 1.807) is 5.57 Å². The summed E-state index contributed by atoms with van der Waals surface area (Å²) < 4.78 is 0. The van der Waals surface area contributed by atoms with E-state index >= 15 is 0 Å². The molecular formula is C24H40O. The molecule has 0 aromatic rings. The van der Waals surface area contributed by atoms with Crippen LogP contribution in [0.25, 0.3) is 0 Å². The molecule has 4 rings (SSSR count). The van der Waals surface area contributed by atoms with E-state index in [0.717, 1.165) is 42.4 Å². The first-order valence-corrected chi connectivity index (χ1v) is 11.2. The van der Waals surface area contributed by atoms with Crippen molar-refractivity contribution in [2.24, 2.45) is 40.4 Å². The highest BCUT2D eigenvalue weighted by molar-refractivity contribution is 5.25. The number of aliphatic hydroxyl groups excluding tert-OH is 1. The fourth-order valence-corrected chi connectivity index (χ4v) is 7.76. The van der Waals surface area contributed by atoms with Crippen LogP contribution >= 0.6 is 0 Å². The predicted octanol–water partition coefficient (Wildman–Crippen LogP) is 6.36. The summed E-state index contributed by atoms with van der Waals surface area (Å²) in [4.78, 5) is 0. The van der Waals surface area contributed by atoms with Crippen molar-refractivity contribution in [1.29, 1.82) is 0 Å². The molecule has 3 fully saturated rings. The Morgan fingerprint density at radius 3 is 2.64 bits per heavy atom. The Labute approximate surface area is 155 Å². The van der Waals surface area contributed by atoms with Gasteiger partial charge >= 0.3 is 0 Å². The fraction of sp³-hybridized carbons (Fsp3) is 0.917. The maximum Gasteiger partial charge on any atom is 0.0577 e. The Bertz CT molecular complexity index is 534. The van der Waals surface area contributed by atoms with Gasteiger partial charge in [-0.05, 0) is 98.2 Å². The summed E-state index contributed by atoms with van der Waals surface area (Å²) in [7, 11) is 0. The van der Waals surface area contributed by atoms with Gasteiger partial charge in [0, 0.05) is 0 Å². The van der Waals surface area contributed by atoms with Gasteiger partial charge in [0.2, 0.25) is 0 Å². The van der Waals surface area contributed by atoms with Crippen molar-refractivity contribution >= 4 is 0 Å². The number of rotatable bonds is 3. The fourth-order valence-electron chi connectivity index (χ4n) is 7.76. The van der Waals surface area contributed by atoms with Gasteiger partial charge in [-0.25, -0.2) is 0 Å². The Morgan fingerprint density at radius 2 is 1.88 bits per heavy atom. The second kappa shape index (κ2) is 6.39. The first-order valence-electron chi connectivity index (χ1n) is 11.2. The highest BCUT2D eigenvalue weighted by Gasteiger charge is 2.58. The number of hydrogen-bond acceptors (Lipinski definition) is 1. The Balaban J connectivity index is 1.56. The highest BCUT2D eigenvalue weighted by atomic mass is 16.3. The molecule has 1 nitrogen and oxygen atoms in total. The maximum absolute atomic E-state index is 10.1. The average Bonchev–Trinajstić information content (AvgIpc) is 2.90. The van der Waals surface area contributed by atoms with Gasteiger partial charge in [0.1, 0.15) is 0 Å². The molecule has 4 aliphatic carbocycles. The van der Waals surface area contributed by atoms with E-state index in [1.807, 2.05) is 0 Å². The zero-order chi connectivity index (χ0) is 17.8. The molecule has 3 saturated carbocycles. The number of hydrogen-bond donors (Lipinski definition) is 1. The zero-order valence-corrected chi connectivity index (χ0v) is 17.1. The van der Waals surface area contributed by atoms with Gasteiger partial charge in [-0.3, -0.25) is 0 Å². The SMILES string of the molecule is CC(C)CCC1CCC2C3CC=C4CC(O)CCC4(C)C3CCC12C. The maximum atomic E-state index is 10.1. The molecule has 0 aliphatic heterocycles. The van der Waals surface area contributed by atoms with Crippen LogP contribution < -0.4 is 0 Å². The lowest BCUT2D eigenvalue weighted by Gasteiger charge is -2.58. The number of fused-ring (bicyclic) bond motifs is 5. The van der Waals surface area contributed by atoms with E-state index in [-0.39, 0.29) is 6.10 Å². The molecule has 0 aromatic heterocycles. The molecule has 0 amide bonds. The molecule has 0 bridgehead atoms. The first-order chi connectivity index (χ1) is 11.8. The monoisotopic (exact) mass is 344 g/mol. The van der Waals surface area contributed by atoms with Crippen LogP contribution in [0, 0.1) is 40.4 Å². The minimum Gasteiger partial charge on any atom is -0.393 e. The van der Waals surface area contributed by atoms with Crippen molar-refractivity contribution in [1.82, 2.24) is 0 Å². The summed E-state index contributed by atoms with van der Waals surface area (Å²) >= 11 is 0. The normalized spacial score (nSPS) is 49.4. The average molecular weight is 345 g/mol. The molecule has 0 aromatic carbocycles. The smallest absolute Gasteiger partial charge is 0.0577 e. The Kier molecular flexibility index (Phi) is 4.63. The highest BCUT2D eigenvalue weighted by Crippen LogP contribution is 2.66. The molecule has 25 heavy (non-hydrogen) atoms. The van der Waals surface area contributed by atoms with Crippen LogP contribution in [0.2, 0.25) is 0 Å². The lowest BCUT2D eigenvalue weighted by atomic mass is 9.47. The molecular weight excluding hydrogens is 304 g/mol. The standard InChI is InChI=1S/C24H40O/c1-16(2)5-6-17-8-10-21-20-9-7-18-15-19(25)11-13-24(18,4)22(20)12-14-23(17,21)3/h7,16-17,19-22,25H,5-6,8-15H2,1-4H3. The minimum absolute atomic E-state index is 0.0726. The molecule has 7 unspecified atom stereocenters. The van der Waals surface area contributed by atoms with Crippen LogP contribution in [0.1, 0.15) is 91.9 Å². The van der Waals surface area contributed by atoms with Crippen molar-refractivity contribution in [3.63, 3.8) is 0 Å². The summed E-state index contributed by atoms with van der Waals surface area (Å²) in [6, 6.07) is 0. The molecule has 0 spiro atoms. The van der Waals surface area contributed by atoms with Crippen LogP contribution in [0.3, 0.4) is 0 Å². The van der Waals surface area contributed by atoms with Crippen molar-refractivity contribution in [3.8, 4) is 0 Å². The second-order valence-corrected chi connectivity index (χ2v) is 10.9. The van der Waals surface area contributed by atoms with Crippen LogP contribution in [0.15, 0.2) is 11.6 Å². The van der Waals surface area contributed by atoms with E-state index in [2.05, 4.69) is 33.8 Å². The second-order valence-electron chi connectivity index (χ2n) is 10.9. The van der Waals surface area contributed by atoms with Crippen molar-refractivity contribution in [2.45, 2.75) is 98.0 Å². The van der Waals surface area contributed by atoms with E-state index in [9.17, 15) is 5.11 Å². The van der Waals surface area contributed by atoms with E-state index in [0.29, 0.717) is 10.8 Å². The lowest BCUT2D eigenvalue weighted by Crippen LogP contribution is -2.50. The molecule has 0 saturated heterocycles. The number of aliphatic hydroxyl groups is 1.